The molecular formula is C22H18ClN3O5S. The van der Waals surface area contributed by atoms with E-state index in [9.17, 15) is 14.4 Å². The minimum atomic E-state index is -1.46. The van der Waals surface area contributed by atoms with Gasteiger partial charge >= 0.3 is 6.09 Å². The molecule has 1 aromatic heterocycles. The number of methoxy groups -OCH3 is 1. The summed E-state index contributed by atoms with van der Waals surface area (Å²) in [6.45, 7) is 0. The summed E-state index contributed by atoms with van der Waals surface area (Å²) in [5.74, 6) is -0.829. The topological polar surface area (TPSA) is 129 Å². The standard InChI is InChI=1S/C22H18ClN3O5S/c1-31-16-8-4-12(5-9-16)19(28)17-10-14(11-18(27)25-21(24)26-22(29)30)20(32-17)13-2-6-15(23)7-3-13/h2-10H,11H2,1H3,(H,29,30)(H3,24,25,26,27). The average molecular weight is 472 g/mol. The fraction of sp³-hybridized carbons (Fsp3) is 0.0909. The molecule has 0 saturated carbocycles. The molecule has 0 aliphatic heterocycles. The summed E-state index contributed by atoms with van der Waals surface area (Å²) in [7, 11) is 1.54. The highest BCUT2D eigenvalue weighted by Gasteiger charge is 2.20. The maximum atomic E-state index is 13.0. The first-order valence-corrected chi connectivity index (χ1v) is 10.4. The second-order valence-corrected chi connectivity index (χ2v) is 8.05. The van der Waals surface area contributed by atoms with Gasteiger partial charge in [0.05, 0.1) is 18.4 Å². The normalized spacial score (nSPS) is 10.3. The number of rotatable bonds is 6. The fourth-order valence-corrected chi connectivity index (χ4v) is 4.17. The second-order valence-electron chi connectivity index (χ2n) is 6.56. The number of ketones is 1. The van der Waals surface area contributed by atoms with Gasteiger partial charge in [-0.05, 0) is 53.6 Å². The maximum Gasteiger partial charge on any atom is 0.411 e. The summed E-state index contributed by atoms with van der Waals surface area (Å²) >= 11 is 7.21. The van der Waals surface area contributed by atoms with E-state index in [0.29, 0.717) is 31.7 Å². The molecule has 0 fully saturated rings. The maximum absolute atomic E-state index is 13.0. The van der Waals surface area contributed by atoms with Crippen LogP contribution < -0.4 is 15.4 Å². The van der Waals surface area contributed by atoms with Crippen molar-refractivity contribution in [2.24, 2.45) is 0 Å². The number of carbonyl (C=O) groups excluding carboxylic acids is 2. The lowest BCUT2D eigenvalue weighted by atomic mass is 10.0. The molecular weight excluding hydrogens is 454 g/mol. The lowest BCUT2D eigenvalue weighted by Crippen LogP contribution is -2.43. The van der Waals surface area contributed by atoms with E-state index in [1.165, 1.54) is 18.4 Å². The van der Waals surface area contributed by atoms with Crippen molar-refractivity contribution in [1.82, 2.24) is 10.6 Å². The van der Waals surface area contributed by atoms with Crippen LogP contribution in [0.4, 0.5) is 4.79 Å². The second kappa shape index (κ2) is 10.1. The Balaban J connectivity index is 1.91. The SMILES string of the molecule is COc1ccc(C(=O)c2cc(CC(=O)NC(=N)NC(=O)O)c(-c3ccc(Cl)cc3)s2)cc1. The molecule has 0 atom stereocenters. The number of ether oxygens (including phenoxy) is 1. The molecule has 164 valence electrons. The number of benzene rings is 2. The monoisotopic (exact) mass is 471 g/mol. The molecule has 0 aliphatic carbocycles. The molecule has 3 rings (SSSR count). The Morgan fingerprint density at radius 1 is 1.06 bits per heavy atom. The van der Waals surface area contributed by atoms with E-state index < -0.39 is 18.0 Å². The van der Waals surface area contributed by atoms with Gasteiger partial charge in [-0.25, -0.2) is 4.79 Å². The van der Waals surface area contributed by atoms with Gasteiger partial charge in [0.15, 0.2) is 0 Å². The molecule has 0 bridgehead atoms. The first-order chi connectivity index (χ1) is 15.3. The van der Waals surface area contributed by atoms with Crippen LogP contribution in [-0.4, -0.2) is 36.0 Å². The quantitative estimate of drug-likeness (QED) is 0.243. The molecule has 8 nitrogen and oxygen atoms in total. The predicted octanol–water partition coefficient (Wildman–Crippen LogP) is 4.17. The van der Waals surface area contributed by atoms with Gasteiger partial charge in [0.2, 0.25) is 17.6 Å². The molecule has 32 heavy (non-hydrogen) atoms. The average Bonchev–Trinajstić information content (AvgIpc) is 3.16. The third-order valence-electron chi connectivity index (χ3n) is 4.34. The minimum absolute atomic E-state index is 0.159. The molecule has 0 spiro atoms. The van der Waals surface area contributed by atoms with Crippen molar-refractivity contribution >= 4 is 46.7 Å². The predicted molar refractivity (Wildman–Crippen MR) is 122 cm³/mol. The molecule has 3 aromatic rings. The Morgan fingerprint density at radius 2 is 1.72 bits per heavy atom. The van der Waals surface area contributed by atoms with Gasteiger partial charge in [-0.2, -0.15) is 0 Å². The van der Waals surface area contributed by atoms with Crippen molar-refractivity contribution in [2.75, 3.05) is 7.11 Å². The number of hydrogen-bond donors (Lipinski definition) is 4. The number of thiophene rings is 1. The highest BCUT2D eigenvalue weighted by molar-refractivity contribution is 7.17. The number of halogens is 1. The van der Waals surface area contributed by atoms with Gasteiger partial charge in [0.1, 0.15) is 5.75 Å². The summed E-state index contributed by atoms with van der Waals surface area (Å²) in [6, 6.07) is 15.3. The van der Waals surface area contributed by atoms with Gasteiger partial charge in [0, 0.05) is 15.5 Å². The summed E-state index contributed by atoms with van der Waals surface area (Å²) in [5.41, 5.74) is 1.81. The molecule has 0 radical (unpaired) electrons. The van der Waals surface area contributed by atoms with Gasteiger partial charge in [-0.3, -0.25) is 25.6 Å². The number of amides is 2. The van der Waals surface area contributed by atoms with E-state index in [-0.39, 0.29) is 12.2 Å². The number of carboxylic acid groups (broad SMARTS) is 1. The third-order valence-corrected chi connectivity index (χ3v) is 5.82. The zero-order valence-corrected chi connectivity index (χ0v) is 18.3. The minimum Gasteiger partial charge on any atom is -0.497 e. The van der Waals surface area contributed by atoms with E-state index in [1.54, 1.807) is 59.9 Å². The van der Waals surface area contributed by atoms with Crippen LogP contribution in [-0.2, 0) is 11.2 Å². The lowest BCUT2D eigenvalue weighted by molar-refractivity contribution is -0.119. The molecule has 0 saturated heterocycles. The van der Waals surface area contributed by atoms with Crippen LogP contribution in [0.1, 0.15) is 20.8 Å². The highest BCUT2D eigenvalue weighted by atomic mass is 35.5. The summed E-state index contributed by atoms with van der Waals surface area (Å²) < 4.78 is 5.12. The smallest absolute Gasteiger partial charge is 0.411 e. The van der Waals surface area contributed by atoms with Crippen LogP contribution in [0.5, 0.6) is 5.75 Å². The van der Waals surface area contributed by atoms with Crippen LogP contribution in [0.25, 0.3) is 10.4 Å². The molecule has 4 N–H and O–H groups in total. The molecule has 1 heterocycles. The molecule has 0 unspecified atom stereocenters. The van der Waals surface area contributed by atoms with Gasteiger partial charge in [-0.15, -0.1) is 11.3 Å². The van der Waals surface area contributed by atoms with Crippen LogP contribution in [0, 0.1) is 5.41 Å². The van der Waals surface area contributed by atoms with Gasteiger partial charge < -0.3 is 9.84 Å². The van der Waals surface area contributed by atoms with Crippen LogP contribution in [0.15, 0.2) is 54.6 Å². The lowest BCUT2D eigenvalue weighted by Gasteiger charge is -2.07. The van der Waals surface area contributed by atoms with E-state index in [4.69, 9.17) is 26.9 Å². The number of nitrogens with one attached hydrogen (secondary N) is 3. The Labute approximate surface area is 192 Å². The van der Waals surface area contributed by atoms with E-state index in [0.717, 1.165) is 5.56 Å². The van der Waals surface area contributed by atoms with Gasteiger partial charge in [-0.1, -0.05) is 23.7 Å². The summed E-state index contributed by atoms with van der Waals surface area (Å²) in [6.07, 6.45) is -1.62. The molecule has 2 aromatic carbocycles. The van der Waals surface area contributed by atoms with Crippen molar-refractivity contribution < 1.29 is 24.2 Å². The number of carbonyl (C=O) groups is 3. The molecule has 2 amide bonds. The van der Waals surface area contributed by atoms with E-state index >= 15 is 0 Å². The Bertz CT molecular complexity index is 1170. The largest absolute Gasteiger partial charge is 0.497 e. The Morgan fingerprint density at radius 3 is 2.31 bits per heavy atom. The van der Waals surface area contributed by atoms with Crippen molar-refractivity contribution in [2.45, 2.75) is 6.42 Å². The Kier molecular flexibility index (Phi) is 7.24. The first kappa shape index (κ1) is 23.0. The van der Waals surface area contributed by atoms with Crippen LogP contribution >= 0.6 is 22.9 Å². The van der Waals surface area contributed by atoms with Crippen molar-refractivity contribution in [3.05, 3.63) is 75.6 Å². The summed E-state index contributed by atoms with van der Waals surface area (Å²) in [4.78, 5) is 37.1. The van der Waals surface area contributed by atoms with E-state index in [2.05, 4.69) is 5.32 Å². The summed E-state index contributed by atoms with van der Waals surface area (Å²) in [5, 5.41) is 20.6. The Hall–Kier alpha value is -3.69. The van der Waals surface area contributed by atoms with Crippen molar-refractivity contribution in [1.29, 1.82) is 5.41 Å². The molecule has 10 heteroatoms. The van der Waals surface area contributed by atoms with Crippen LogP contribution in [0.3, 0.4) is 0 Å². The van der Waals surface area contributed by atoms with Gasteiger partial charge in [0.25, 0.3) is 0 Å². The third kappa shape index (κ3) is 5.71. The zero-order valence-electron chi connectivity index (χ0n) is 16.8. The number of guanidine groups is 1. The number of hydrogen-bond acceptors (Lipinski definition) is 6. The zero-order chi connectivity index (χ0) is 23.3. The highest BCUT2D eigenvalue weighted by Crippen LogP contribution is 2.35. The fourth-order valence-electron chi connectivity index (χ4n) is 2.90. The van der Waals surface area contributed by atoms with Crippen molar-refractivity contribution in [3.63, 3.8) is 0 Å². The van der Waals surface area contributed by atoms with Crippen molar-refractivity contribution in [3.8, 4) is 16.2 Å². The van der Waals surface area contributed by atoms with Crippen LogP contribution in [0.2, 0.25) is 5.02 Å². The molecule has 0 aliphatic rings. The van der Waals surface area contributed by atoms with E-state index in [1.807, 2.05) is 0 Å². The first-order valence-electron chi connectivity index (χ1n) is 9.22.